The Morgan fingerprint density at radius 2 is 2.11 bits per heavy atom. The minimum Gasteiger partial charge on any atom is -0.327 e. The quantitative estimate of drug-likeness (QED) is 0.895. The lowest BCUT2D eigenvalue weighted by molar-refractivity contribution is 0.413. The number of hydrogen-bond donors (Lipinski definition) is 1. The minimum absolute atomic E-state index is 0.0969. The summed E-state index contributed by atoms with van der Waals surface area (Å²) in [6.45, 7) is 7.05. The van der Waals surface area contributed by atoms with Crippen molar-refractivity contribution in [1.82, 2.24) is 19.9 Å². The Morgan fingerprint density at radius 1 is 1.33 bits per heavy atom. The molecule has 0 aromatic carbocycles. The van der Waals surface area contributed by atoms with Gasteiger partial charge in [0.15, 0.2) is 0 Å². The smallest absolute Gasteiger partial charge is 0.0952 e. The summed E-state index contributed by atoms with van der Waals surface area (Å²) in [7, 11) is 1.96. The Hall–Kier alpha value is -1.68. The molecule has 18 heavy (non-hydrogen) atoms. The second kappa shape index (κ2) is 4.90. The molecule has 0 fully saturated rings. The minimum atomic E-state index is -0.0969. The third kappa shape index (κ3) is 2.59. The van der Waals surface area contributed by atoms with E-state index in [1.54, 1.807) is 0 Å². The van der Waals surface area contributed by atoms with E-state index < -0.39 is 0 Å². The number of imidazole rings is 1. The highest BCUT2D eigenvalue weighted by Gasteiger charge is 2.22. The van der Waals surface area contributed by atoms with Crippen molar-refractivity contribution in [2.24, 2.45) is 0 Å². The Morgan fingerprint density at radius 3 is 2.78 bits per heavy atom. The zero-order valence-electron chi connectivity index (χ0n) is 11.4. The first-order valence-corrected chi connectivity index (χ1v) is 6.15. The number of hydrogen-bond acceptors (Lipinski definition) is 3. The Bertz CT molecular complexity index is 528. The lowest BCUT2D eigenvalue weighted by Gasteiger charge is -2.25. The first kappa shape index (κ1) is 12.8. The Kier molecular flexibility index (Phi) is 3.48. The predicted octanol–water partition coefficient (Wildman–Crippen LogP) is 2.09. The normalized spacial score (nSPS) is 11.8. The molecule has 0 saturated carbocycles. The third-order valence-corrected chi connectivity index (χ3v) is 3.26. The summed E-state index contributed by atoms with van der Waals surface area (Å²) in [5, 5.41) is 3.30. The van der Waals surface area contributed by atoms with Gasteiger partial charge in [-0.05, 0) is 40.0 Å². The van der Waals surface area contributed by atoms with E-state index in [-0.39, 0.29) is 5.54 Å². The standard InChI is InChI=1S/C14H20N4/c1-11-6-5-7-12(17-11)9-18-10-16-8-13(18)14(2,3)15-4/h5-8,10,15H,9H2,1-4H3. The zero-order valence-corrected chi connectivity index (χ0v) is 11.4. The topological polar surface area (TPSA) is 42.7 Å². The van der Waals surface area contributed by atoms with Gasteiger partial charge in [-0.2, -0.15) is 0 Å². The SMILES string of the molecule is CNC(C)(C)c1cncn1Cc1cccc(C)n1. The van der Waals surface area contributed by atoms with Crippen molar-refractivity contribution in [2.75, 3.05) is 7.05 Å². The molecule has 2 rings (SSSR count). The van der Waals surface area contributed by atoms with Crippen LogP contribution in [0.3, 0.4) is 0 Å². The summed E-state index contributed by atoms with van der Waals surface area (Å²) in [4.78, 5) is 8.78. The molecule has 0 radical (unpaired) electrons. The molecule has 2 aromatic rings. The lowest BCUT2D eigenvalue weighted by Crippen LogP contribution is -2.35. The molecule has 0 unspecified atom stereocenters. The second-order valence-electron chi connectivity index (χ2n) is 5.05. The van der Waals surface area contributed by atoms with Gasteiger partial charge in [-0.3, -0.25) is 4.98 Å². The molecule has 0 saturated heterocycles. The van der Waals surface area contributed by atoms with Crippen LogP contribution in [0.1, 0.15) is 30.9 Å². The molecule has 2 heterocycles. The van der Waals surface area contributed by atoms with Crippen LogP contribution in [0.2, 0.25) is 0 Å². The van der Waals surface area contributed by atoms with E-state index in [4.69, 9.17) is 0 Å². The number of rotatable bonds is 4. The van der Waals surface area contributed by atoms with Crippen LogP contribution in [0.4, 0.5) is 0 Å². The fourth-order valence-electron chi connectivity index (χ4n) is 1.96. The molecule has 0 aliphatic carbocycles. The molecule has 0 amide bonds. The Labute approximate surface area is 108 Å². The fraction of sp³-hybridized carbons (Fsp3) is 0.429. The molecular formula is C14H20N4. The first-order valence-electron chi connectivity index (χ1n) is 6.15. The van der Waals surface area contributed by atoms with Gasteiger partial charge in [0.25, 0.3) is 0 Å². The monoisotopic (exact) mass is 244 g/mol. The predicted molar refractivity (Wildman–Crippen MR) is 72.4 cm³/mol. The van der Waals surface area contributed by atoms with Crippen molar-refractivity contribution in [3.05, 3.63) is 47.8 Å². The van der Waals surface area contributed by atoms with Crippen molar-refractivity contribution in [3.8, 4) is 0 Å². The van der Waals surface area contributed by atoms with Gasteiger partial charge >= 0.3 is 0 Å². The molecule has 4 nitrogen and oxygen atoms in total. The van der Waals surface area contributed by atoms with Gasteiger partial charge in [-0.15, -0.1) is 0 Å². The van der Waals surface area contributed by atoms with Crippen LogP contribution in [-0.2, 0) is 12.1 Å². The highest BCUT2D eigenvalue weighted by atomic mass is 15.1. The first-order chi connectivity index (χ1) is 8.53. The van der Waals surface area contributed by atoms with E-state index in [1.165, 1.54) is 0 Å². The molecular weight excluding hydrogens is 224 g/mol. The summed E-state index contributed by atoms with van der Waals surface area (Å²) in [5.41, 5.74) is 3.16. The van der Waals surface area contributed by atoms with Crippen molar-refractivity contribution in [3.63, 3.8) is 0 Å². The maximum Gasteiger partial charge on any atom is 0.0952 e. The number of pyridine rings is 1. The average molecular weight is 244 g/mol. The molecule has 1 N–H and O–H groups in total. The van der Waals surface area contributed by atoms with Crippen LogP contribution >= 0.6 is 0 Å². The zero-order chi connectivity index (χ0) is 13.2. The van der Waals surface area contributed by atoms with Gasteiger partial charge in [0.1, 0.15) is 0 Å². The average Bonchev–Trinajstić information content (AvgIpc) is 2.78. The van der Waals surface area contributed by atoms with Crippen LogP contribution in [0.5, 0.6) is 0 Å². The van der Waals surface area contributed by atoms with Gasteiger partial charge in [-0.1, -0.05) is 6.07 Å². The molecule has 4 heteroatoms. The molecule has 96 valence electrons. The molecule has 2 aromatic heterocycles. The van der Waals surface area contributed by atoms with Crippen LogP contribution in [0.25, 0.3) is 0 Å². The van der Waals surface area contributed by atoms with E-state index in [0.29, 0.717) is 0 Å². The number of aryl methyl sites for hydroxylation is 1. The van der Waals surface area contributed by atoms with Crippen LogP contribution in [0, 0.1) is 6.92 Å². The summed E-state index contributed by atoms with van der Waals surface area (Å²) >= 11 is 0. The van der Waals surface area contributed by atoms with Gasteiger partial charge in [0, 0.05) is 5.69 Å². The fourth-order valence-corrected chi connectivity index (χ4v) is 1.96. The Balaban J connectivity index is 2.28. The van der Waals surface area contributed by atoms with Gasteiger partial charge < -0.3 is 9.88 Å². The van der Waals surface area contributed by atoms with Gasteiger partial charge in [0.05, 0.1) is 36.0 Å². The summed E-state index contributed by atoms with van der Waals surface area (Å²) in [6, 6.07) is 6.09. The number of aromatic nitrogens is 3. The van der Waals surface area contributed by atoms with Crippen molar-refractivity contribution >= 4 is 0 Å². The van der Waals surface area contributed by atoms with Crippen LogP contribution in [0.15, 0.2) is 30.7 Å². The second-order valence-corrected chi connectivity index (χ2v) is 5.05. The van der Waals surface area contributed by atoms with E-state index in [0.717, 1.165) is 23.6 Å². The number of nitrogens with one attached hydrogen (secondary N) is 1. The maximum absolute atomic E-state index is 4.53. The van der Waals surface area contributed by atoms with E-state index in [1.807, 2.05) is 44.7 Å². The summed E-state index contributed by atoms with van der Waals surface area (Å²) in [6.07, 6.45) is 3.77. The van der Waals surface area contributed by atoms with E-state index >= 15 is 0 Å². The summed E-state index contributed by atoms with van der Waals surface area (Å²) < 4.78 is 2.14. The lowest BCUT2D eigenvalue weighted by atomic mass is 10.0. The molecule has 0 aliphatic rings. The van der Waals surface area contributed by atoms with E-state index in [2.05, 4.69) is 33.7 Å². The maximum atomic E-state index is 4.53. The molecule has 0 aliphatic heterocycles. The van der Waals surface area contributed by atoms with Crippen molar-refractivity contribution in [2.45, 2.75) is 32.9 Å². The van der Waals surface area contributed by atoms with Crippen LogP contribution < -0.4 is 5.32 Å². The third-order valence-electron chi connectivity index (χ3n) is 3.26. The highest BCUT2D eigenvalue weighted by Crippen LogP contribution is 2.19. The summed E-state index contributed by atoms with van der Waals surface area (Å²) in [5.74, 6) is 0. The van der Waals surface area contributed by atoms with Crippen molar-refractivity contribution < 1.29 is 0 Å². The molecule has 0 bridgehead atoms. The van der Waals surface area contributed by atoms with Crippen molar-refractivity contribution in [1.29, 1.82) is 0 Å². The molecule has 0 atom stereocenters. The molecule has 0 spiro atoms. The number of nitrogens with zero attached hydrogens (tertiary/aromatic N) is 3. The van der Waals surface area contributed by atoms with Gasteiger partial charge in [-0.25, -0.2) is 4.98 Å². The van der Waals surface area contributed by atoms with Gasteiger partial charge in [0.2, 0.25) is 0 Å². The van der Waals surface area contributed by atoms with E-state index in [9.17, 15) is 0 Å². The van der Waals surface area contributed by atoms with Crippen LogP contribution in [-0.4, -0.2) is 21.6 Å². The highest BCUT2D eigenvalue weighted by molar-refractivity contribution is 5.15. The largest absolute Gasteiger partial charge is 0.327 e.